The van der Waals surface area contributed by atoms with Gasteiger partial charge in [-0.15, -0.1) is 0 Å². The van der Waals surface area contributed by atoms with E-state index < -0.39 is 12.1 Å². The predicted octanol–water partition coefficient (Wildman–Crippen LogP) is 2.95. The standard InChI is InChI=1S/C20H27N5O3.C2HF3O2/c1-20(2,3)19-23-12-15(17(24-19)22-11-14-5-4-10-28-14)18(27)25-8-6-13(7-9-25)16(21)26;3-2(4,5)1(6)7/h4-5,10,12-13H,6-9,11H2,1-3H3,(H2,21,26)(H,22,23,24);(H,6,7). The Bertz CT molecular complexity index is 1030. The Labute approximate surface area is 199 Å². The topological polar surface area (TPSA) is 152 Å². The normalized spacial score (nSPS) is 14.6. The molecule has 0 spiro atoms. The Hall–Kier alpha value is -3.64. The second-order valence-electron chi connectivity index (χ2n) is 8.91. The monoisotopic (exact) mass is 499 g/mol. The third-order valence-electron chi connectivity index (χ3n) is 5.13. The molecule has 4 N–H and O–H groups in total. The maximum atomic E-state index is 13.1. The van der Waals surface area contributed by atoms with Crippen molar-refractivity contribution >= 4 is 23.6 Å². The number of carboxylic acid groups (broad SMARTS) is 1. The van der Waals surface area contributed by atoms with Gasteiger partial charge in [-0.25, -0.2) is 14.8 Å². The molecule has 0 unspecified atom stereocenters. The van der Waals surface area contributed by atoms with E-state index in [0.29, 0.717) is 49.7 Å². The highest BCUT2D eigenvalue weighted by Gasteiger charge is 2.38. The van der Waals surface area contributed by atoms with Crippen molar-refractivity contribution in [1.82, 2.24) is 14.9 Å². The number of primary amides is 1. The molecule has 10 nitrogen and oxygen atoms in total. The minimum Gasteiger partial charge on any atom is -0.475 e. The fourth-order valence-corrected chi connectivity index (χ4v) is 3.16. The number of carbonyl (C=O) groups excluding carboxylic acids is 2. The Morgan fingerprint density at radius 2 is 1.83 bits per heavy atom. The smallest absolute Gasteiger partial charge is 0.475 e. The van der Waals surface area contributed by atoms with Crippen LogP contribution < -0.4 is 11.1 Å². The number of furan rings is 1. The molecule has 192 valence electrons. The van der Waals surface area contributed by atoms with Crippen LogP contribution >= 0.6 is 0 Å². The van der Waals surface area contributed by atoms with Crippen molar-refractivity contribution in [2.45, 2.75) is 51.7 Å². The third-order valence-corrected chi connectivity index (χ3v) is 5.13. The number of rotatable bonds is 5. The first-order valence-corrected chi connectivity index (χ1v) is 10.7. The minimum absolute atomic E-state index is 0.148. The van der Waals surface area contributed by atoms with Crippen LogP contribution in [-0.2, 0) is 21.5 Å². The van der Waals surface area contributed by atoms with Crippen LogP contribution in [0.1, 0.15) is 55.6 Å². The average molecular weight is 499 g/mol. The molecule has 0 atom stereocenters. The summed E-state index contributed by atoms with van der Waals surface area (Å²) in [6.45, 7) is 7.46. The van der Waals surface area contributed by atoms with Crippen molar-refractivity contribution in [3.8, 4) is 0 Å². The van der Waals surface area contributed by atoms with Gasteiger partial charge in [-0.3, -0.25) is 9.59 Å². The summed E-state index contributed by atoms with van der Waals surface area (Å²) in [6, 6.07) is 3.67. The van der Waals surface area contributed by atoms with E-state index in [2.05, 4.69) is 15.3 Å². The number of hydrogen-bond donors (Lipinski definition) is 3. The summed E-state index contributed by atoms with van der Waals surface area (Å²) in [5, 5.41) is 10.3. The van der Waals surface area contributed by atoms with Gasteiger partial charge in [-0.1, -0.05) is 20.8 Å². The fourth-order valence-electron chi connectivity index (χ4n) is 3.16. The second kappa shape index (κ2) is 11.2. The van der Waals surface area contributed by atoms with Crippen LogP contribution in [0.15, 0.2) is 29.0 Å². The lowest BCUT2D eigenvalue weighted by atomic mass is 9.95. The maximum absolute atomic E-state index is 13.1. The number of likely N-dealkylation sites (tertiary alicyclic amines) is 1. The molecule has 35 heavy (non-hydrogen) atoms. The molecule has 0 aliphatic carbocycles. The minimum atomic E-state index is -5.08. The van der Waals surface area contributed by atoms with E-state index >= 15 is 0 Å². The number of nitrogens with two attached hydrogens (primary N) is 1. The van der Waals surface area contributed by atoms with Crippen LogP contribution in [0.3, 0.4) is 0 Å². The molecule has 2 aromatic heterocycles. The van der Waals surface area contributed by atoms with E-state index in [1.54, 1.807) is 17.4 Å². The first-order chi connectivity index (χ1) is 16.2. The first kappa shape index (κ1) is 27.6. The maximum Gasteiger partial charge on any atom is 0.490 e. The molecule has 1 aliphatic heterocycles. The van der Waals surface area contributed by atoms with E-state index in [-0.39, 0.29) is 23.1 Å². The number of hydrogen-bond acceptors (Lipinski definition) is 7. The van der Waals surface area contributed by atoms with Crippen molar-refractivity contribution in [1.29, 1.82) is 0 Å². The van der Waals surface area contributed by atoms with Gasteiger partial charge in [0.1, 0.15) is 23.0 Å². The van der Waals surface area contributed by atoms with Crippen LogP contribution in [0.4, 0.5) is 19.0 Å². The van der Waals surface area contributed by atoms with Crippen LogP contribution in [-0.4, -0.2) is 57.0 Å². The highest BCUT2D eigenvalue weighted by Crippen LogP contribution is 2.25. The second-order valence-corrected chi connectivity index (χ2v) is 8.91. The lowest BCUT2D eigenvalue weighted by molar-refractivity contribution is -0.192. The number of nitrogens with zero attached hydrogens (tertiary/aromatic N) is 3. The van der Waals surface area contributed by atoms with Gasteiger partial charge in [0, 0.05) is 30.6 Å². The number of alkyl halides is 3. The van der Waals surface area contributed by atoms with Gasteiger partial charge in [-0.2, -0.15) is 13.2 Å². The highest BCUT2D eigenvalue weighted by molar-refractivity contribution is 5.98. The molecule has 1 saturated heterocycles. The van der Waals surface area contributed by atoms with Gasteiger partial charge < -0.3 is 25.5 Å². The first-order valence-electron chi connectivity index (χ1n) is 10.7. The highest BCUT2D eigenvalue weighted by atomic mass is 19.4. The number of piperidine rings is 1. The molecule has 2 amide bonds. The van der Waals surface area contributed by atoms with Gasteiger partial charge in [0.05, 0.1) is 12.8 Å². The molecular formula is C22H28F3N5O5. The number of amides is 2. The number of anilines is 1. The molecule has 0 aromatic carbocycles. The zero-order chi connectivity index (χ0) is 26.4. The third kappa shape index (κ3) is 7.97. The lowest BCUT2D eigenvalue weighted by Gasteiger charge is -2.31. The van der Waals surface area contributed by atoms with E-state index in [1.165, 1.54) is 0 Å². The SMILES string of the molecule is CC(C)(C)c1ncc(C(=O)N2CCC(C(N)=O)CC2)c(NCc2ccco2)n1.O=C(O)C(F)(F)F. The zero-order valence-corrected chi connectivity index (χ0v) is 19.6. The van der Waals surface area contributed by atoms with Crippen molar-refractivity contribution in [2.24, 2.45) is 11.7 Å². The molecular weight excluding hydrogens is 471 g/mol. The molecule has 13 heteroatoms. The van der Waals surface area contributed by atoms with Crippen molar-refractivity contribution in [2.75, 3.05) is 18.4 Å². The molecule has 3 heterocycles. The number of halogens is 3. The van der Waals surface area contributed by atoms with Crippen molar-refractivity contribution < 1.29 is 37.1 Å². The largest absolute Gasteiger partial charge is 0.490 e. The fraction of sp³-hybridized carbons (Fsp3) is 0.500. The van der Waals surface area contributed by atoms with Crippen molar-refractivity contribution in [3.63, 3.8) is 0 Å². The van der Waals surface area contributed by atoms with Crippen LogP contribution in [0.5, 0.6) is 0 Å². The summed E-state index contributed by atoms with van der Waals surface area (Å²) in [5.41, 5.74) is 5.55. The molecule has 0 bridgehead atoms. The number of aromatic nitrogens is 2. The Balaban J connectivity index is 0.000000540. The summed E-state index contributed by atoms with van der Waals surface area (Å²) in [6.07, 6.45) is -0.735. The average Bonchev–Trinajstić information content (AvgIpc) is 3.30. The molecule has 1 aliphatic rings. The van der Waals surface area contributed by atoms with Crippen molar-refractivity contribution in [3.05, 3.63) is 41.7 Å². The van der Waals surface area contributed by atoms with Crippen LogP contribution in [0.25, 0.3) is 0 Å². The Morgan fingerprint density at radius 3 is 2.29 bits per heavy atom. The lowest BCUT2D eigenvalue weighted by Crippen LogP contribution is -2.42. The van der Waals surface area contributed by atoms with Gasteiger partial charge in [0.15, 0.2) is 0 Å². The number of carbonyl (C=O) groups is 3. The predicted molar refractivity (Wildman–Crippen MR) is 118 cm³/mol. The Kier molecular flexibility index (Phi) is 8.83. The van der Waals surface area contributed by atoms with E-state index in [0.717, 1.165) is 5.76 Å². The molecule has 1 fully saturated rings. The molecule has 3 rings (SSSR count). The summed E-state index contributed by atoms with van der Waals surface area (Å²) in [4.78, 5) is 44.1. The van der Waals surface area contributed by atoms with E-state index in [4.69, 9.17) is 20.1 Å². The summed E-state index contributed by atoms with van der Waals surface area (Å²) in [5.74, 6) is -1.49. The molecule has 2 aromatic rings. The molecule has 0 radical (unpaired) electrons. The van der Waals surface area contributed by atoms with Crippen LogP contribution in [0, 0.1) is 5.92 Å². The zero-order valence-electron chi connectivity index (χ0n) is 19.6. The van der Waals surface area contributed by atoms with Gasteiger partial charge in [0.25, 0.3) is 5.91 Å². The van der Waals surface area contributed by atoms with Gasteiger partial charge in [0.2, 0.25) is 5.91 Å². The molecule has 0 saturated carbocycles. The van der Waals surface area contributed by atoms with E-state index in [9.17, 15) is 22.8 Å². The number of nitrogens with one attached hydrogen (secondary N) is 1. The Morgan fingerprint density at radius 1 is 1.23 bits per heavy atom. The van der Waals surface area contributed by atoms with E-state index in [1.807, 2.05) is 32.9 Å². The summed E-state index contributed by atoms with van der Waals surface area (Å²) < 4.78 is 37.1. The van der Waals surface area contributed by atoms with Gasteiger partial charge in [-0.05, 0) is 25.0 Å². The quantitative estimate of drug-likeness (QED) is 0.568. The summed E-state index contributed by atoms with van der Waals surface area (Å²) in [7, 11) is 0. The van der Waals surface area contributed by atoms with Crippen LogP contribution in [0.2, 0.25) is 0 Å². The number of carboxylic acids is 1. The number of aliphatic carboxylic acids is 1. The van der Waals surface area contributed by atoms with Gasteiger partial charge >= 0.3 is 12.1 Å². The summed E-state index contributed by atoms with van der Waals surface area (Å²) >= 11 is 0.